The SMILES string of the molecule is O=C(O)C1CN(S(=O)(=O)c2ccn[nH]2)Cc2ccccc21. The highest BCUT2D eigenvalue weighted by Gasteiger charge is 2.36. The molecule has 1 unspecified atom stereocenters. The van der Waals surface area contributed by atoms with Crippen LogP contribution in [0.5, 0.6) is 0 Å². The molecule has 0 saturated heterocycles. The second-order valence-corrected chi connectivity index (χ2v) is 6.71. The third-order valence-electron chi connectivity index (χ3n) is 3.55. The predicted molar refractivity (Wildman–Crippen MR) is 73.0 cm³/mol. The Morgan fingerprint density at radius 1 is 1.33 bits per heavy atom. The third kappa shape index (κ3) is 2.32. The van der Waals surface area contributed by atoms with Crippen LogP contribution in [0, 0.1) is 0 Å². The normalized spacial score (nSPS) is 19.1. The summed E-state index contributed by atoms with van der Waals surface area (Å²) in [6, 6.07) is 8.36. The van der Waals surface area contributed by atoms with Crippen molar-refractivity contribution in [3.05, 3.63) is 47.7 Å². The van der Waals surface area contributed by atoms with Crippen LogP contribution in [0.15, 0.2) is 41.6 Å². The molecule has 2 N–H and O–H groups in total. The molecule has 0 fully saturated rings. The molecule has 1 aromatic carbocycles. The molecule has 8 heteroatoms. The molecule has 1 aromatic heterocycles. The highest BCUT2D eigenvalue weighted by atomic mass is 32.2. The molecule has 1 atom stereocenters. The number of carboxylic acids is 1. The van der Waals surface area contributed by atoms with E-state index < -0.39 is 21.9 Å². The quantitative estimate of drug-likeness (QED) is 0.872. The van der Waals surface area contributed by atoms with Gasteiger partial charge in [-0.1, -0.05) is 24.3 Å². The second kappa shape index (κ2) is 4.97. The summed E-state index contributed by atoms with van der Waals surface area (Å²) in [6.45, 7) is 0.0645. The Hall–Kier alpha value is -2.19. The van der Waals surface area contributed by atoms with Gasteiger partial charge in [-0.2, -0.15) is 9.40 Å². The fraction of sp³-hybridized carbons (Fsp3) is 0.231. The van der Waals surface area contributed by atoms with E-state index in [2.05, 4.69) is 10.2 Å². The number of nitrogens with one attached hydrogen (secondary N) is 1. The number of nitrogens with zero attached hydrogens (tertiary/aromatic N) is 2. The first kappa shape index (κ1) is 13.8. The molecular weight excluding hydrogens is 294 g/mol. The van der Waals surface area contributed by atoms with Crippen molar-refractivity contribution in [3.63, 3.8) is 0 Å². The second-order valence-electron chi connectivity index (χ2n) is 4.81. The van der Waals surface area contributed by atoms with Gasteiger partial charge in [0, 0.05) is 13.1 Å². The first-order chi connectivity index (χ1) is 10.00. The number of fused-ring (bicyclic) bond motifs is 1. The Bertz CT molecular complexity index is 770. The van der Waals surface area contributed by atoms with E-state index in [0.29, 0.717) is 11.1 Å². The zero-order valence-electron chi connectivity index (χ0n) is 10.9. The topological polar surface area (TPSA) is 103 Å². The summed E-state index contributed by atoms with van der Waals surface area (Å²) in [7, 11) is -3.78. The number of hydrogen-bond acceptors (Lipinski definition) is 4. The van der Waals surface area contributed by atoms with Gasteiger partial charge in [0.2, 0.25) is 0 Å². The Labute approximate surface area is 121 Å². The molecule has 1 aliphatic heterocycles. The number of carbonyl (C=O) groups is 1. The van der Waals surface area contributed by atoms with Crippen molar-refractivity contribution in [1.82, 2.24) is 14.5 Å². The van der Waals surface area contributed by atoms with E-state index in [0.717, 1.165) is 0 Å². The smallest absolute Gasteiger partial charge is 0.312 e. The number of H-pyrrole nitrogens is 1. The van der Waals surface area contributed by atoms with E-state index >= 15 is 0 Å². The number of aromatic nitrogens is 2. The van der Waals surface area contributed by atoms with E-state index in [-0.39, 0.29) is 18.1 Å². The molecule has 0 bridgehead atoms. The summed E-state index contributed by atoms with van der Waals surface area (Å²) in [5, 5.41) is 15.4. The van der Waals surface area contributed by atoms with Crippen molar-refractivity contribution >= 4 is 16.0 Å². The van der Waals surface area contributed by atoms with Crippen molar-refractivity contribution in [2.24, 2.45) is 0 Å². The number of rotatable bonds is 3. The van der Waals surface area contributed by atoms with Crippen molar-refractivity contribution in [2.45, 2.75) is 17.5 Å². The highest BCUT2D eigenvalue weighted by Crippen LogP contribution is 2.31. The average Bonchev–Trinajstić information content (AvgIpc) is 3.00. The van der Waals surface area contributed by atoms with E-state index in [1.807, 2.05) is 0 Å². The number of aromatic amines is 1. The van der Waals surface area contributed by atoms with E-state index in [4.69, 9.17) is 0 Å². The molecule has 0 radical (unpaired) electrons. The average molecular weight is 307 g/mol. The lowest BCUT2D eigenvalue weighted by atomic mass is 9.91. The Kier molecular flexibility index (Phi) is 3.26. The number of hydrogen-bond donors (Lipinski definition) is 2. The van der Waals surface area contributed by atoms with Gasteiger partial charge in [-0.15, -0.1) is 0 Å². The maximum atomic E-state index is 12.5. The molecule has 110 valence electrons. The molecule has 2 heterocycles. The molecular formula is C13H13N3O4S. The van der Waals surface area contributed by atoms with Crippen LogP contribution in [0.2, 0.25) is 0 Å². The maximum absolute atomic E-state index is 12.5. The van der Waals surface area contributed by atoms with Gasteiger partial charge in [0.25, 0.3) is 10.0 Å². The zero-order valence-corrected chi connectivity index (χ0v) is 11.7. The van der Waals surface area contributed by atoms with Crippen LogP contribution in [0.25, 0.3) is 0 Å². The molecule has 0 aliphatic carbocycles. The van der Waals surface area contributed by atoms with Crippen LogP contribution >= 0.6 is 0 Å². The standard InChI is InChI=1S/C13H13N3O4S/c17-13(18)11-8-16(7-9-3-1-2-4-10(9)11)21(19,20)12-5-6-14-15-12/h1-6,11H,7-8H2,(H,14,15)(H,17,18). The monoisotopic (exact) mass is 307 g/mol. The van der Waals surface area contributed by atoms with Crippen LogP contribution in [0.1, 0.15) is 17.0 Å². The first-order valence-electron chi connectivity index (χ1n) is 6.30. The number of carboxylic acid groups (broad SMARTS) is 1. The molecule has 21 heavy (non-hydrogen) atoms. The number of aliphatic carboxylic acids is 1. The molecule has 0 amide bonds. The Morgan fingerprint density at radius 3 is 2.76 bits per heavy atom. The summed E-state index contributed by atoms with van der Waals surface area (Å²) >= 11 is 0. The van der Waals surface area contributed by atoms with Gasteiger partial charge in [-0.25, -0.2) is 8.42 Å². The van der Waals surface area contributed by atoms with E-state index in [1.165, 1.54) is 16.6 Å². The van der Waals surface area contributed by atoms with Crippen molar-refractivity contribution in [3.8, 4) is 0 Å². The Morgan fingerprint density at radius 2 is 2.10 bits per heavy atom. The lowest BCUT2D eigenvalue weighted by Crippen LogP contribution is -2.40. The maximum Gasteiger partial charge on any atom is 0.312 e. The van der Waals surface area contributed by atoms with Crippen molar-refractivity contribution in [1.29, 1.82) is 0 Å². The van der Waals surface area contributed by atoms with Gasteiger partial charge in [0.05, 0.1) is 12.1 Å². The van der Waals surface area contributed by atoms with E-state index in [9.17, 15) is 18.3 Å². The van der Waals surface area contributed by atoms with Crippen LogP contribution in [-0.4, -0.2) is 40.5 Å². The number of sulfonamides is 1. The van der Waals surface area contributed by atoms with Gasteiger partial charge < -0.3 is 5.11 Å². The number of benzene rings is 1. The lowest BCUT2D eigenvalue weighted by molar-refractivity contribution is -0.139. The minimum atomic E-state index is -3.78. The zero-order chi connectivity index (χ0) is 15.0. The summed E-state index contributed by atoms with van der Waals surface area (Å²) in [6.07, 6.45) is 1.35. The van der Waals surface area contributed by atoms with Crippen molar-refractivity contribution in [2.75, 3.05) is 6.54 Å². The summed E-state index contributed by atoms with van der Waals surface area (Å²) in [5.74, 6) is -1.90. The highest BCUT2D eigenvalue weighted by molar-refractivity contribution is 7.89. The summed E-state index contributed by atoms with van der Waals surface area (Å²) < 4.78 is 26.1. The predicted octanol–water partition coefficient (Wildman–Crippen LogP) is 0.782. The van der Waals surface area contributed by atoms with E-state index in [1.54, 1.807) is 24.3 Å². The molecule has 1 aliphatic rings. The third-order valence-corrected chi connectivity index (χ3v) is 5.30. The lowest BCUT2D eigenvalue weighted by Gasteiger charge is -2.31. The summed E-state index contributed by atoms with van der Waals surface area (Å²) in [4.78, 5) is 11.4. The van der Waals surface area contributed by atoms with Crippen LogP contribution < -0.4 is 0 Å². The minimum Gasteiger partial charge on any atom is -0.481 e. The largest absolute Gasteiger partial charge is 0.481 e. The Balaban J connectivity index is 2.03. The van der Waals surface area contributed by atoms with Gasteiger partial charge in [0.1, 0.15) is 0 Å². The molecule has 0 spiro atoms. The molecule has 2 aromatic rings. The van der Waals surface area contributed by atoms with Crippen LogP contribution in [0.4, 0.5) is 0 Å². The fourth-order valence-electron chi connectivity index (χ4n) is 2.49. The van der Waals surface area contributed by atoms with Crippen LogP contribution in [-0.2, 0) is 21.4 Å². The van der Waals surface area contributed by atoms with Crippen molar-refractivity contribution < 1.29 is 18.3 Å². The van der Waals surface area contributed by atoms with Gasteiger partial charge in [0.15, 0.2) is 5.03 Å². The van der Waals surface area contributed by atoms with Gasteiger partial charge in [-0.05, 0) is 17.2 Å². The molecule has 3 rings (SSSR count). The minimum absolute atomic E-state index is 0.0361. The fourth-order valence-corrected chi connectivity index (χ4v) is 3.83. The summed E-state index contributed by atoms with van der Waals surface area (Å²) in [5.41, 5.74) is 1.38. The molecule has 7 nitrogen and oxygen atoms in total. The van der Waals surface area contributed by atoms with Gasteiger partial charge >= 0.3 is 5.97 Å². The first-order valence-corrected chi connectivity index (χ1v) is 7.74. The van der Waals surface area contributed by atoms with Gasteiger partial charge in [-0.3, -0.25) is 9.89 Å². The molecule has 0 saturated carbocycles. The van der Waals surface area contributed by atoms with Crippen LogP contribution in [0.3, 0.4) is 0 Å².